The van der Waals surface area contributed by atoms with Crippen molar-refractivity contribution in [3.63, 3.8) is 0 Å². The smallest absolute Gasteiger partial charge is 0.473 e. The average molecular weight is 298 g/mol. The van der Waals surface area contributed by atoms with Crippen molar-refractivity contribution >= 4 is 5.69 Å². The molecule has 0 aliphatic carbocycles. The second-order valence-electron chi connectivity index (χ2n) is 4.28. The van der Waals surface area contributed by atoms with E-state index in [1.807, 2.05) is 0 Å². The summed E-state index contributed by atoms with van der Waals surface area (Å²) in [4.78, 5) is 4.10. The molecule has 0 unspecified atom stereocenters. The van der Waals surface area contributed by atoms with Crippen molar-refractivity contribution in [2.24, 2.45) is 0 Å². The number of aryl methyl sites for hydroxylation is 1. The fourth-order valence-corrected chi connectivity index (χ4v) is 1.70. The van der Waals surface area contributed by atoms with Crippen molar-refractivity contribution in [3.05, 3.63) is 47.7 Å². The Morgan fingerprint density at radius 1 is 1.14 bits per heavy atom. The molecule has 1 aromatic carbocycles. The highest BCUT2D eigenvalue weighted by atomic mass is 19.4. The number of pyridine rings is 1. The fraction of sp³-hybridized carbons (Fsp3) is 0.214. The normalized spacial score (nSPS) is 11.2. The molecule has 0 bridgehead atoms. The second kappa shape index (κ2) is 5.90. The summed E-state index contributed by atoms with van der Waals surface area (Å²) in [6.45, 7) is 1.61. The third-order valence-electron chi connectivity index (χ3n) is 2.62. The summed E-state index contributed by atoms with van der Waals surface area (Å²) in [6, 6.07) is 9.17. The molecule has 2 N–H and O–H groups in total. The Labute approximate surface area is 119 Å². The second-order valence-corrected chi connectivity index (χ2v) is 4.28. The van der Waals surface area contributed by atoms with Gasteiger partial charge >= 0.3 is 6.36 Å². The van der Waals surface area contributed by atoms with Crippen LogP contribution < -0.4 is 15.2 Å². The van der Waals surface area contributed by atoms with Gasteiger partial charge in [0.05, 0.1) is 5.56 Å². The third kappa shape index (κ3) is 4.27. The molecule has 0 atom stereocenters. The number of halogens is 3. The van der Waals surface area contributed by atoms with Crippen LogP contribution in [0.1, 0.15) is 11.3 Å². The predicted molar refractivity (Wildman–Crippen MR) is 70.8 cm³/mol. The minimum Gasteiger partial charge on any atom is -0.473 e. The van der Waals surface area contributed by atoms with Gasteiger partial charge in [0.25, 0.3) is 0 Å². The molecule has 2 aromatic rings. The van der Waals surface area contributed by atoms with Crippen molar-refractivity contribution < 1.29 is 22.6 Å². The van der Waals surface area contributed by atoms with Crippen LogP contribution in [-0.2, 0) is 6.61 Å². The molecule has 1 heterocycles. The Morgan fingerprint density at radius 3 is 2.52 bits per heavy atom. The van der Waals surface area contributed by atoms with E-state index in [1.165, 1.54) is 18.2 Å². The topological polar surface area (TPSA) is 57.4 Å². The maximum Gasteiger partial charge on any atom is 0.573 e. The lowest BCUT2D eigenvalue weighted by Gasteiger charge is -2.15. The van der Waals surface area contributed by atoms with Gasteiger partial charge in [-0.25, -0.2) is 4.98 Å². The van der Waals surface area contributed by atoms with Crippen LogP contribution in [0.3, 0.4) is 0 Å². The first-order valence-corrected chi connectivity index (χ1v) is 6.05. The Bertz CT molecular complexity index is 630. The molecule has 2 rings (SSSR count). The van der Waals surface area contributed by atoms with Gasteiger partial charge in [-0.3, -0.25) is 0 Å². The highest BCUT2D eigenvalue weighted by molar-refractivity contribution is 5.54. The zero-order valence-electron chi connectivity index (χ0n) is 11.1. The van der Waals surface area contributed by atoms with Gasteiger partial charge in [-0.15, -0.1) is 13.2 Å². The van der Waals surface area contributed by atoms with Crippen molar-refractivity contribution in [1.82, 2.24) is 4.98 Å². The van der Waals surface area contributed by atoms with Gasteiger partial charge in [0.15, 0.2) is 0 Å². The van der Waals surface area contributed by atoms with E-state index in [-0.39, 0.29) is 23.6 Å². The first-order chi connectivity index (χ1) is 9.85. The molecular formula is C14H13F3N2O2. The number of benzene rings is 1. The molecule has 0 fully saturated rings. The maximum absolute atomic E-state index is 12.4. The maximum atomic E-state index is 12.4. The van der Waals surface area contributed by atoms with E-state index in [1.54, 1.807) is 25.1 Å². The Hall–Kier alpha value is -2.44. The van der Waals surface area contributed by atoms with Crippen LogP contribution in [0.25, 0.3) is 0 Å². The highest BCUT2D eigenvalue weighted by Crippen LogP contribution is 2.30. The standard InChI is InChI=1S/C14H13F3N2O2/c1-9-4-2-7-13(19-9)20-8-10-11(18)5-3-6-12(10)21-14(15,16)17/h2-7H,8,18H2,1H3. The molecule has 4 nitrogen and oxygen atoms in total. The molecule has 0 radical (unpaired) electrons. The number of hydrogen-bond donors (Lipinski definition) is 1. The monoisotopic (exact) mass is 298 g/mol. The van der Waals surface area contributed by atoms with Crippen LogP contribution in [-0.4, -0.2) is 11.3 Å². The third-order valence-corrected chi connectivity index (χ3v) is 2.62. The lowest BCUT2D eigenvalue weighted by atomic mass is 10.1. The van der Waals surface area contributed by atoms with E-state index in [2.05, 4.69) is 9.72 Å². The average Bonchev–Trinajstić information content (AvgIpc) is 2.36. The summed E-state index contributed by atoms with van der Waals surface area (Å²) in [7, 11) is 0. The van der Waals surface area contributed by atoms with E-state index in [0.29, 0.717) is 5.88 Å². The number of nitrogen functional groups attached to an aromatic ring is 1. The molecule has 0 aliphatic heterocycles. The summed E-state index contributed by atoms with van der Waals surface area (Å²) in [5.74, 6) is -0.0774. The summed E-state index contributed by atoms with van der Waals surface area (Å²) < 4.78 is 46.4. The number of anilines is 1. The molecule has 21 heavy (non-hydrogen) atoms. The number of aromatic nitrogens is 1. The van der Waals surface area contributed by atoms with Crippen LogP contribution in [0.5, 0.6) is 11.6 Å². The molecule has 0 amide bonds. The lowest BCUT2D eigenvalue weighted by Crippen LogP contribution is -2.19. The van der Waals surface area contributed by atoms with Gasteiger partial charge in [0.1, 0.15) is 12.4 Å². The summed E-state index contributed by atoms with van der Waals surface area (Å²) in [6.07, 6.45) is -4.79. The van der Waals surface area contributed by atoms with Crippen LogP contribution in [0.15, 0.2) is 36.4 Å². The first kappa shape index (κ1) is 15.0. The fourth-order valence-electron chi connectivity index (χ4n) is 1.70. The quantitative estimate of drug-likeness (QED) is 0.878. The van der Waals surface area contributed by atoms with Gasteiger partial charge in [-0.05, 0) is 25.1 Å². The number of nitrogens with zero attached hydrogens (tertiary/aromatic N) is 1. The highest BCUT2D eigenvalue weighted by Gasteiger charge is 2.32. The molecule has 0 aliphatic rings. The Morgan fingerprint density at radius 2 is 1.86 bits per heavy atom. The van der Waals surface area contributed by atoms with Crippen LogP contribution in [0.4, 0.5) is 18.9 Å². The van der Waals surface area contributed by atoms with Crippen molar-refractivity contribution in [2.45, 2.75) is 19.9 Å². The Balaban J connectivity index is 2.19. The van der Waals surface area contributed by atoms with E-state index in [4.69, 9.17) is 10.5 Å². The van der Waals surface area contributed by atoms with Gasteiger partial charge in [0.2, 0.25) is 5.88 Å². The predicted octanol–water partition coefficient (Wildman–Crippen LogP) is 3.45. The SMILES string of the molecule is Cc1cccc(OCc2c(N)cccc2OC(F)(F)F)n1. The van der Waals surface area contributed by atoms with Gasteiger partial charge in [0, 0.05) is 17.4 Å². The van der Waals surface area contributed by atoms with E-state index < -0.39 is 6.36 Å². The molecule has 0 saturated carbocycles. The Kier molecular flexibility index (Phi) is 4.21. The largest absolute Gasteiger partial charge is 0.573 e. The number of alkyl halides is 3. The van der Waals surface area contributed by atoms with Gasteiger partial charge < -0.3 is 15.2 Å². The molecule has 1 aromatic heterocycles. The summed E-state index contributed by atoms with van der Waals surface area (Å²) in [5.41, 5.74) is 6.70. The molecule has 7 heteroatoms. The van der Waals surface area contributed by atoms with Crippen LogP contribution in [0, 0.1) is 6.92 Å². The lowest BCUT2D eigenvalue weighted by molar-refractivity contribution is -0.275. The van der Waals surface area contributed by atoms with Gasteiger partial charge in [-0.1, -0.05) is 12.1 Å². The molecule has 0 saturated heterocycles. The van der Waals surface area contributed by atoms with Crippen molar-refractivity contribution in [1.29, 1.82) is 0 Å². The van der Waals surface area contributed by atoms with E-state index >= 15 is 0 Å². The molecular weight excluding hydrogens is 285 g/mol. The van der Waals surface area contributed by atoms with E-state index in [0.717, 1.165) is 5.69 Å². The van der Waals surface area contributed by atoms with Crippen molar-refractivity contribution in [3.8, 4) is 11.6 Å². The summed E-state index contributed by atoms with van der Waals surface area (Å²) >= 11 is 0. The molecule has 0 spiro atoms. The molecule has 112 valence electrons. The van der Waals surface area contributed by atoms with Gasteiger partial charge in [-0.2, -0.15) is 0 Å². The zero-order valence-corrected chi connectivity index (χ0v) is 11.1. The van der Waals surface area contributed by atoms with Crippen LogP contribution in [0.2, 0.25) is 0 Å². The first-order valence-electron chi connectivity index (χ1n) is 6.05. The number of rotatable bonds is 4. The number of nitrogens with two attached hydrogens (primary N) is 1. The number of hydrogen-bond acceptors (Lipinski definition) is 4. The number of ether oxygens (including phenoxy) is 2. The zero-order chi connectivity index (χ0) is 15.5. The minimum atomic E-state index is -4.79. The minimum absolute atomic E-state index is 0.123. The van der Waals surface area contributed by atoms with Crippen molar-refractivity contribution in [2.75, 3.05) is 5.73 Å². The summed E-state index contributed by atoms with van der Waals surface area (Å²) in [5, 5.41) is 0. The van der Waals surface area contributed by atoms with Crippen LogP contribution >= 0.6 is 0 Å². The van der Waals surface area contributed by atoms with E-state index in [9.17, 15) is 13.2 Å².